The van der Waals surface area contributed by atoms with E-state index in [-0.39, 0.29) is 17.9 Å². The van der Waals surface area contributed by atoms with Crippen LogP contribution >= 0.6 is 23.2 Å². The fraction of sp³-hybridized carbons (Fsp3) is 0.462. The van der Waals surface area contributed by atoms with Gasteiger partial charge in [0.05, 0.1) is 16.0 Å². The van der Waals surface area contributed by atoms with Crippen molar-refractivity contribution in [2.75, 3.05) is 13.6 Å². The van der Waals surface area contributed by atoms with Crippen LogP contribution in [0.5, 0.6) is 0 Å². The van der Waals surface area contributed by atoms with E-state index in [2.05, 4.69) is 10.6 Å². The molecule has 1 amide bonds. The van der Waals surface area contributed by atoms with Crippen LogP contribution in [-0.4, -0.2) is 25.5 Å². The number of hydrogen-bond acceptors (Lipinski definition) is 2. The summed E-state index contributed by atoms with van der Waals surface area (Å²) in [5.41, 5.74) is 0.860. The van der Waals surface area contributed by atoms with Crippen LogP contribution in [0.3, 0.4) is 0 Å². The van der Waals surface area contributed by atoms with Crippen LogP contribution in [0.25, 0.3) is 0 Å². The Labute approximate surface area is 118 Å². The van der Waals surface area contributed by atoms with Gasteiger partial charge in [-0.05, 0) is 38.6 Å². The van der Waals surface area contributed by atoms with Crippen LogP contribution in [0.1, 0.15) is 25.3 Å². The minimum absolute atomic E-state index is 0.0181. The van der Waals surface area contributed by atoms with Gasteiger partial charge in [0.15, 0.2) is 0 Å². The Kier molecular flexibility index (Phi) is 5.93. The predicted octanol–water partition coefficient (Wildman–Crippen LogP) is 2.82. The van der Waals surface area contributed by atoms with Crippen LogP contribution in [-0.2, 0) is 4.79 Å². The highest BCUT2D eigenvalue weighted by atomic mass is 35.5. The molecule has 2 N–H and O–H groups in total. The number of carbonyl (C=O) groups excluding carboxylic acids is 1. The lowest BCUT2D eigenvalue weighted by Crippen LogP contribution is -2.38. The van der Waals surface area contributed by atoms with Gasteiger partial charge in [-0.25, -0.2) is 0 Å². The molecule has 0 saturated heterocycles. The Bertz CT molecular complexity index is 423. The summed E-state index contributed by atoms with van der Waals surface area (Å²) in [7, 11) is 1.86. The Balaban J connectivity index is 2.65. The lowest BCUT2D eigenvalue weighted by molar-refractivity contribution is -0.122. The maximum atomic E-state index is 11.9. The molecule has 0 aromatic heterocycles. The average molecular weight is 289 g/mol. The monoisotopic (exact) mass is 288 g/mol. The van der Waals surface area contributed by atoms with Crippen molar-refractivity contribution in [3.8, 4) is 0 Å². The molecule has 0 fully saturated rings. The van der Waals surface area contributed by atoms with E-state index in [1.54, 1.807) is 12.1 Å². The molecule has 100 valence electrons. The van der Waals surface area contributed by atoms with Gasteiger partial charge < -0.3 is 10.6 Å². The first kappa shape index (κ1) is 15.3. The van der Waals surface area contributed by atoms with Crippen LogP contribution < -0.4 is 10.6 Å². The Morgan fingerprint density at radius 1 is 1.28 bits per heavy atom. The third-order valence-electron chi connectivity index (χ3n) is 2.91. The summed E-state index contributed by atoms with van der Waals surface area (Å²) in [4.78, 5) is 11.9. The predicted molar refractivity (Wildman–Crippen MR) is 76.4 cm³/mol. The molecular formula is C13H18Cl2N2O. The minimum atomic E-state index is -0.246. The fourth-order valence-corrected chi connectivity index (χ4v) is 1.75. The number of benzene rings is 1. The van der Waals surface area contributed by atoms with Gasteiger partial charge in [0, 0.05) is 12.6 Å². The third-order valence-corrected chi connectivity index (χ3v) is 3.65. The second-order valence-corrected chi connectivity index (χ2v) is 5.14. The summed E-state index contributed by atoms with van der Waals surface area (Å²) in [6.45, 7) is 4.45. The van der Waals surface area contributed by atoms with E-state index in [1.807, 2.05) is 27.0 Å². The molecule has 3 nitrogen and oxygen atoms in total. The molecule has 18 heavy (non-hydrogen) atoms. The maximum Gasteiger partial charge on any atom is 0.227 e. The summed E-state index contributed by atoms with van der Waals surface area (Å²) in [5, 5.41) is 6.92. The topological polar surface area (TPSA) is 41.1 Å². The lowest BCUT2D eigenvalue weighted by atomic mass is 10.0. The molecule has 5 heteroatoms. The molecule has 1 aromatic carbocycles. The molecule has 0 aliphatic heterocycles. The normalized spacial score (nSPS) is 14.1. The van der Waals surface area contributed by atoms with Gasteiger partial charge in [-0.1, -0.05) is 29.3 Å². The quantitative estimate of drug-likeness (QED) is 0.875. The molecule has 1 aromatic rings. The standard InChI is InChI=1S/C13H18Cl2N2O/c1-8(16-3)7-17-13(18)9(2)10-4-5-11(14)12(15)6-10/h4-6,8-9,16H,7H2,1-3H3,(H,17,18). The first-order valence-corrected chi connectivity index (χ1v) is 6.61. The fourth-order valence-electron chi connectivity index (χ4n) is 1.44. The van der Waals surface area contributed by atoms with E-state index in [1.165, 1.54) is 0 Å². The molecular weight excluding hydrogens is 271 g/mol. The van der Waals surface area contributed by atoms with Crippen molar-refractivity contribution in [2.45, 2.75) is 25.8 Å². The number of amides is 1. The molecule has 2 unspecified atom stereocenters. The van der Waals surface area contributed by atoms with E-state index >= 15 is 0 Å². The van der Waals surface area contributed by atoms with Gasteiger partial charge in [-0.15, -0.1) is 0 Å². The molecule has 0 spiro atoms. The number of rotatable bonds is 5. The highest BCUT2D eigenvalue weighted by Gasteiger charge is 2.16. The largest absolute Gasteiger partial charge is 0.354 e. The molecule has 0 saturated carbocycles. The van der Waals surface area contributed by atoms with Crippen LogP contribution in [0.2, 0.25) is 10.0 Å². The number of likely N-dealkylation sites (N-methyl/N-ethyl adjacent to an activating group) is 1. The molecule has 0 aliphatic carbocycles. The molecule has 2 atom stereocenters. The lowest BCUT2D eigenvalue weighted by Gasteiger charge is -2.16. The van der Waals surface area contributed by atoms with E-state index in [0.29, 0.717) is 16.6 Å². The Morgan fingerprint density at radius 3 is 2.50 bits per heavy atom. The van der Waals surface area contributed by atoms with Crippen LogP contribution in [0.4, 0.5) is 0 Å². The van der Waals surface area contributed by atoms with Crippen molar-refractivity contribution < 1.29 is 4.79 Å². The van der Waals surface area contributed by atoms with Gasteiger partial charge in [0.1, 0.15) is 0 Å². The van der Waals surface area contributed by atoms with E-state index < -0.39 is 0 Å². The van der Waals surface area contributed by atoms with Crippen molar-refractivity contribution in [2.24, 2.45) is 0 Å². The van der Waals surface area contributed by atoms with Gasteiger partial charge in [0.2, 0.25) is 5.91 Å². The molecule has 0 radical (unpaired) electrons. The van der Waals surface area contributed by atoms with Crippen molar-refractivity contribution in [3.05, 3.63) is 33.8 Å². The second-order valence-electron chi connectivity index (χ2n) is 4.33. The highest BCUT2D eigenvalue weighted by Crippen LogP contribution is 2.26. The Morgan fingerprint density at radius 2 is 1.94 bits per heavy atom. The van der Waals surface area contributed by atoms with Crippen molar-refractivity contribution in [1.29, 1.82) is 0 Å². The van der Waals surface area contributed by atoms with Gasteiger partial charge >= 0.3 is 0 Å². The van der Waals surface area contributed by atoms with Gasteiger partial charge in [0.25, 0.3) is 0 Å². The smallest absolute Gasteiger partial charge is 0.227 e. The third kappa shape index (κ3) is 4.16. The highest BCUT2D eigenvalue weighted by molar-refractivity contribution is 6.42. The van der Waals surface area contributed by atoms with Crippen molar-refractivity contribution in [1.82, 2.24) is 10.6 Å². The molecule has 1 rings (SSSR count). The minimum Gasteiger partial charge on any atom is -0.354 e. The Hall–Kier alpha value is -0.770. The summed E-state index contributed by atoms with van der Waals surface area (Å²) in [6.07, 6.45) is 0. The SMILES string of the molecule is CNC(C)CNC(=O)C(C)c1ccc(Cl)c(Cl)c1. The van der Waals surface area contributed by atoms with Crippen molar-refractivity contribution in [3.63, 3.8) is 0 Å². The molecule has 0 aliphatic rings. The number of nitrogens with one attached hydrogen (secondary N) is 2. The molecule has 0 bridgehead atoms. The zero-order valence-electron chi connectivity index (χ0n) is 10.8. The summed E-state index contributed by atoms with van der Waals surface area (Å²) < 4.78 is 0. The first-order valence-electron chi connectivity index (χ1n) is 5.85. The van der Waals surface area contributed by atoms with Gasteiger partial charge in [-0.3, -0.25) is 4.79 Å². The first-order chi connectivity index (χ1) is 8.45. The number of hydrogen-bond donors (Lipinski definition) is 2. The second kappa shape index (κ2) is 6.98. The average Bonchev–Trinajstić information content (AvgIpc) is 2.37. The van der Waals surface area contributed by atoms with Crippen molar-refractivity contribution >= 4 is 29.1 Å². The zero-order chi connectivity index (χ0) is 13.7. The zero-order valence-corrected chi connectivity index (χ0v) is 12.3. The van der Waals surface area contributed by atoms with E-state index in [4.69, 9.17) is 23.2 Å². The van der Waals surface area contributed by atoms with E-state index in [0.717, 1.165) is 5.56 Å². The maximum absolute atomic E-state index is 11.9. The number of carbonyl (C=O) groups is 1. The summed E-state index contributed by atoms with van der Waals surface area (Å²) in [6, 6.07) is 5.50. The van der Waals surface area contributed by atoms with Gasteiger partial charge in [-0.2, -0.15) is 0 Å². The van der Waals surface area contributed by atoms with E-state index in [9.17, 15) is 4.79 Å². The van der Waals surface area contributed by atoms with Crippen LogP contribution in [0, 0.1) is 0 Å². The summed E-state index contributed by atoms with van der Waals surface area (Å²) in [5.74, 6) is -0.265. The molecule has 0 heterocycles. The number of halogens is 2. The summed E-state index contributed by atoms with van der Waals surface area (Å²) >= 11 is 11.8. The van der Waals surface area contributed by atoms with Crippen LogP contribution in [0.15, 0.2) is 18.2 Å².